The van der Waals surface area contributed by atoms with Crippen molar-refractivity contribution in [3.8, 4) is 45.3 Å². The fraction of sp³-hybridized carbons (Fsp3) is 0. The van der Waals surface area contributed by atoms with Crippen LogP contribution in [0.25, 0.3) is 99.5 Å². The Morgan fingerprint density at radius 2 is 0.918 bits per heavy atom. The van der Waals surface area contributed by atoms with Gasteiger partial charge in [0.05, 0.1) is 0 Å². The molecule has 0 unspecified atom stereocenters. The average molecular weight is 626 g/mol. The van der Waals surface area contributed by atoms with Gasteiger partial charge in [0.25, 0.3) is 0 Å². The summed E-state index contributed by atoms with van der Waals surface area (Å²) in [6.07, 6.45) is 0. The zero-order valence-electron chi connectivity index (χ0n) is 26.3. The van der Waals surface area contributed by atoms with E-state index in [0.29, 0.717) is 17.5 Å². The van der Waals surface area contributed by atoms with Gasteiger partial charge in [-0.2, -0.15) is 0 Å². The monoisotopic (exact) mass is 625 g/mol. The van der Waals surface area contributed by atoms with Gasteiger partial charge < -0.3 is 4.42 Å². The van der Waals surface area contributed by atoms with Crippen molar-refractivity contribution in [1.29, 1.82) is 0 Å². The smallest absolute Gasteiger partial charge is 0.164 e. The standard InChI is InChI=1S/C45H27N3O/c1-3-14-29(15-4-1)43-46-44(30-16-5-2-6-17-30)48-45(47-43)38-27-33(25-31-18-8-9-19-34(31)38)37-26-32-24-23-28-13-7-10-20-35(28)40(32)42-41(37)36-21-11-12-22-39(36)49-42/h1-27H. The van der Waals surface area contributed by atoms with Gasteiger partial charge in [-0.1, -0.05) is 140 Å². The van der Waals surface area contributed by atoms with E-state index in [1.165, 1.54) is 10.8 Å². The van der Waals surface area contributed by atoms with Gasteiger partial charge in [0.1, 0.15) is 11.2 Å². The second kappa shape index (κ2) is 11.0. The Morgan fingerprint density at radius 1 is 0.347 bits per heavy atom. The lowest BCUT2D eigenvalue weighted by Crippen LogP contribution is -2.00. The summed E-state index contributed by atoms with van der Waals surface area (Å²) in [6.45, 7) is 0. The zero-order chi connectivity index (χ0) is 32.3. The predicted molar refractivity (Wildman–Crippen MR) is 201 cm³/mol. The van der Waals surface area contributed by atoms with E-state index in [2.05, 4.69) is 97.1 Å². The van der Waals surface area contributed by atoms with Crippen LogP contribution in [0.1, 0.15) is 0 Å². The molecule has 0 saturated carbocycles. The van der Waals surface area contributed by atoms with Crippen molar-refractivity contribution in [1.82, 2.24) is 15.0 Å². The molecule has 0 N–H and O–H groups in total. The van der Waals surface area contributed by atoms with Gasteiger partial charge in [0, 0.05) is 32.8 Å². The Labute approximate surface area is 282 Å². The van der Waals surface area contributed by atoms with Crippen LogP contribution in [-0.2, 0) is 0 Å². The molecule has 0 aliphatic heterocycles. The summed E-state index contributed by atoms with van der Waals surface area (Å²) < 4.78 is 6.73. The number of fused-ring (bicyclic) bond motifs is 8. The topological polar surface area (TPSA) is 51.8 Å². The van der Waals surface area contributed by atoms with Gasteiger partial charge in [-0.15, -0.1) is 0 Å². The predicted octanol–water partition coefficient (Wildman–Crippen LogP) is 11.9. The first-order valence-electron chi connectivity index (χ1n) is 16.4. The Morgan fingerprint density at radius 3 is 1.65 bits per heavy atom. The van der Waals surface area contributed by atoms with Gasteiger partial charge >= 0.3 is 0 Å². The fourth-order valence-electron chi connectivity index (χ4n) is 7.19. The fourth-order valence-corrected chi connectivity index (χ4v) is 7.19. The van der Waals surface area contributed by atoms with Crippen LogP contribution in [0, 0.1) is 0 Å². The first kappa shape index (κ1) is 27.5. The molecule has 10 aromatic rings. The van der Waals surface area contributed by atoms with Gasteiger partial charge in [-0.05, 0) is 62.3 Å². The van der Waals surface area contributed by atoms with E-state index in [9.17, 15) is 0 Å². The van der Waals surface area contributed by atoms with Crippen LogP contribution in [0.4, 0.5) is 0 Å². The highest BCUT2D eigenvalue weighted by Gasteiger charge is 2.20. The highest BCUT2D eigenvalue weighted by atomic mass is 16.3. The third kappa shape index (κ3) is 4.49. The number of furan rings is 1. The molecule has 0 amide bonds. The van der Waals surface area contributed by atoms with Gasteiger partial charge in [0.15, 0.2) is 17.5 Å². The van der Waals surface area contributed by atoms with Gasteiger partial charge in [-0.25, -0.2) is 15.0 Å². The normalized spacial score (nSPS) is 11.7. The first-order valence-corrected chi connectivity index (χ1v) is 16.4. The molecule has 2 aromatic heterocycles. The van der Waals surface area contributed by atoms with Crippen LogP contribution >= 0.6 is 0 Å². The lowest BCUT2D eigenvalue weighted by Gasteiger charge is -2.14. The number of rotatable bonds is 4. The molecular formula is C45H27N3O. The van der Waals surface area contributed by atoms with Crippen molar-refractivity contribution < 1.29 is 4.42 Å². The molecular weight excluding hydrogens is 599 g/mol. The van der Waals surface area contributed by atoms with E-state index >= 15 is 0 Å². The lowest BCUT2D eigenvalue weighted by atomic mass is 9.90. The van der Waals surface area contributed by atoms with Gasteiger partial charge in [-0.3, -0.25) is 0 Å². The molecule has 0 aliphatic rings. The first-order chi connectivity index (χ1) is 24.3. The van der Waals surface area contributed by atoms with Crippen LogP contribution in [0.2, 0.25) is 0 Å². The third-order valence-corrected chi connectivity index (χ3v) is 9.47. The third-order valence-electron chi connectivity index (χ3n) is 9.47. The second-order valence-electron chi connectivity index (χ2n) is 12.4. The summed E-state index contributed by atoms with van der Waals surface area (Å²) in [7, 11) is 0. The van der Waals surface area contributed by atoms with Crippen LogP contribution in [-0.4, -0.2) is 15.0 Å². The van der Waals surface area contributed by atoms with Crippen molar-refractivity contribution in [2.24, 2.45) is 0 Å². The number of benzene rings is 8. The number of hydrogen-bond donors (Lipinski definition) is 0. The van der Waals surface area contributed by atoms with Crippen LogP contribution in [0.15, 0.2) is 168 Å². The van der Waals surface area contributed by atoms with Gasteiger partial charge in [0.2, 0.25) is 0 Å². The molecule has 0 atom stereocenters. The van der Waals surface area contributed by atoms with Crippen molar-refractivity contribution in [2.75, 3.05) is 0 Å². The van der Waals surface area contributed by atoms with Crippen molar-refractivity contribution in [3.05, 3.63) is 164 Å². The molecule has 4 heteroatoms. The lowest BCUT2D eigenvalue weighted by molar-refractivity contribution is 0.673. The molecule has 0 spiro atoms. The van der Waals surface area contributed by atoms with E-state index in [1.54, 1.807) is 0 Å². The van der Waals surface area contributed by atoms with Crippen molar-refractivity contribution in [2.45, 2.75) is 0 Å². The average Bonchev–Trinajstić information content (AvgIpc) is 3.57. The molecule has 228 valence electrons. The van der Waals surface area contributed by atoms with E-state index in [4.69, 9.17) is 19.4 Å². The Balaban J connectivity index is 1.29. The minimum absolute atomic E-state index is 0.630. The van der Waals surface area contributed by atoms with Crippen molar-refractivity contribution >= 4 is 54.3 Å². The van der Waals surface area contributed by atoms with E-state index in [1.807, 2.05) is 66.7 Å². The molecule has 0 saturated heterocycles. The molecule has 10 rings (SSSR count). The summed E-state index contributed by atoms with van der Waals surface area (Å²) in [5.41, 5.74) is 6.79. The molecule has 0 radical (unpaired) electrons. The largest absolute Gasteiger partial charge is 0.455 e. The second-order valence-corrected chi connectivity index (χ2v) is 12.4. The number of para-hydroxylation sites is 1. The highest BCUT2D eigenvalue weighted by Crippen LogP contribution is 2.45. The summed E-state index contributed by atoms with van der Waals surface area (Å²) in [6, 6.07) is 56.8. The van der Waals surface area contributed by atoms with Crippen LogP contribution < -0.4 is 0 Å². The molecule has 49 heavy (non-hydrogen) atoms. The Bertz CT molecular complexity index is 2820. The Kier molecular flexibility index (Phi) is 6.15. The molecule has 0 bridgehead atoms. The number of nitrogens with zero attached hydrogens (tertiary/aromatic N) is 3. The maximum Gasteiger partial charge on any atom is 0.164 e. The van der Waals surface area contributed by atoms with E-state index < -0.39 is 0 Å². The quantitative estimate of drug-likeness (QED) is 0.183. The maximum absolute atomic E-state index is 6.73. The summed E-state index contributed by atoms with van der Waals surface area (Å²) >= 11 is 0. The molecule has 8 aromatic carbocycles. The number of aromatic nitrogens is 3. The number of hydrogen-bond acceptors (Lipinski definition) is 4. The van der Waals surface area contributed by atoms with Crippen LogP contribution in [0.3, 0.4) is 0 Å². The molecule has 0 fully saturated rings. The summed E-state index contributed by atoms with van der Waals surface area (Å²) in [5, 5.41) is 9.02. The molecule has 0 aliphatic carbocycles. The Hall–Kier alpha value is -6.65. The van der Waals surface area contributed by atoms with E-state index in [0.717, 1.165) is 71.3 Å². The maximum atomic E-state index is 6.73. The zero-order valence-corrected chi connectivity index (χ0v) is 26.3. The van der Waals surface area contributed by atoms with Crippen molar-refractivity contribution in [3.63, 3.8) is 0 Å². The summed E-state index contributed by atoms with van der Waals surface area (Å²) in [4.78, 5) is 15.2. The highest BCUT2D eigenvalue weighted by molar-refractivity contribution is 6.27. The summed E-state index contributed by atoms with van der Waals surface area (Å²) in [5.74, 6) is 1.91. The van der Waals surface area contributed by atoms with E-state index in [-0.39, 0.29) is 0 Å². The molecule has 2 heterocycles. The SMILES string of the molecule is c1ccc(-c2nc(-c3ccccc3)nc(-c3cc(-c4cc5ccc6ccccc6c5c5oc6ccccc6c45)cc4ccccc34)n2)cc1. The van der Waals surface area contributed by atoms with Crippen LogP contribution in [0.5, 0.6) is 0 Å². The molecule has 4 nitrogen and oxygen atoms in total. The minimum Gasteiger partial charge on any atom is -0.455 e. The minimum atomic E-state index is 0.630.